The van der Waals surface area contributed by atoms with Crippen LogP contribution in [0.4, 0.5) is 4.39 Å². The van der Waals surface area contributed by atoms with E-state index in [4.69, 9.17) is 5.11 Å². The lowest BCUT2D eigenvalue weighted by atomic mass is 10.1. The minimum Gasteiger partial charge on any atom is -0.480 e. The summed E-state index contributed by atoms with van der Waals surface area (Å²) in [6, 6.07) is 3.21. The van der Waals surface area contributed by atoms with E-state index >= 15 is 0 Å². The first-order chi connectivity index (χ1) is 7.56. The van der Waals surface area contributed by atoms with Gasteiger partial charge in [-0.05, 0) is 12.1 Å². The van der Waals surface area contributed by atoms with Gasteiger partial charge in [-0.25, -0.2) is 4.39 Å². The summed E-state index contributed by atoms with van der Waals surface area (Å²) in [6.07, 6.45) is 1.52. The average Bonchev–Trinajstić information content (AvgIpc) is 2.20. The quantitative estimate of drug-likeness (QED) is 0.818. The van der Waals surface area contributed by atoms with E-state index in [9.17, 15) is 9.18 Å². The first kappa shape index (κ1) is 12.9. The fourth-order valence-electron chi connectivity index (χ4n) is 1.27. The molecule has 2 N–H and O–H groups in total. The summed E-state index contributed by atoms with van der Waals surface area (Å²) in [5.74, 6) is -1.68. The summed E-state index contributed by atoms with van der Waals surface area (Å²) >= 11 is 3.11. The van der Waals surface area contributed by atoms with Crippen LogP contribution in [0.1, 0.15) is 11.6 Å². The van der Waals surface area contributed by atoms with E-state index in [2.05, 4.69) is 27.8 Å². The van der Waals surface area contributed by atoms with Gasteiger partial charge in [0.2, 0.25) is 0 Å². The number of carboxylic acid groups (broad SMARTS) is 1. The van der Waals surface area contributed by atoms with Crippen LogP contribution >= 0.6 is 15.9 Å². The molecule has 86 valence electrons. The molecule has 0 aromatic heterocycles. The number of carbonyl (C=O) groups is 1. The molecule has 1 rings (SSSR count). The molecule has 5 heteroatoms. The van der Waals surface area contributed by atoms with Gasteiger partial charge in [0.1, 0.15) is 11.9 Å². The van der Waals surface area contributed by atoms with Gasteiger partial charge in [-0.15, -0.1) is 6.58 Å². The summed E-state index contributed by atoms with van der Waals surface area (Å²) in [5.41, 5.74) is 0.109. The zero-order valence-corrected chi connectivity index (χ0v) is 10.00. The molecule has 3 nitrogen and oxygen atoms in total. The van der Waals surface area contributed by atoms with Crippen LogP contribution in [0, 0.1) is 5.82 Å². The third kappa shape index (κ3) is 3.15. The Morgan fingerprint density at radius 3 is 2.88 bits per heavy atom. The lowest BCUT2D eigenvalue weighted by Gasteiger charge is -2.14. The van der Waals surface area contributed by atoms with Crippen LogP contribution < -0.4 is 5.32 Å². The molecule has 0 heterocycles. The van der Waals surface area contributed by atoms with Gasteiger partial charge in [0, 0.05) is 16.6 Å². The Morgan fingerprint density at radius 1 is 1.69 bits per heavy atom. The maximum Gasteiger partial charge on any atom is 0.325 e. The highest BCUT2D eigenvalue weighted by atomic mass is 79.9. The minimum absolute atomic E-state index is 0.109. The van der Waals surface area contributed by atoms with Crippen molar-refractivity contribution in [3.8, 4) is 0 Å². The number of hydrogen-bond donors (Lipinski definition) is 2. The zero-order valence-electron chi connectivity index (χ0n) is 8.41. The van der Waals surface area contributed by atoms with E-state index in [1.54, 1.807) is 6.07 Å². The molecule has 0 fully saturated rings. The van der Waals surface area contributed by atoms with Crippen LogP contribution in [0.2, 0.25) is 0 Å². The molecule has 0 bridgehead atoms. The Kier molecular flexibility index (Phi) is 4.64. The van der Waals surface area contributed by atoms with E-state index in [1.165, 1.54) is 18.2 Å². The van der Waals surface area contributed by atoms with E-state index < -0.39 is 17.8 Å². The highest BCUT2D eigenvalue weighted by Crippen LogP contribution is 2.21. The smallest absolute Gasteiger partial charge is 0.325 e. The Bertz CT molecular complexity index is 409. The van der Waals surface area contributed by atoms with Gasteiger partial charge in [0.05, 0.1) is 0 Å². The largest absolute Gasteiger partial charge is 0.480 e. The number of nitrogens with one attached hydrogen (secondary N) is 1. The number of aliphatic carboxylic acids is 1. The molecule has 1 aromatic carbocycles. The van der Waals surface area contributed by atoms with Crippen molar-refractivity contribution in [1.29, 1.82) is 0 Å². The molecule has 0 aliphatic carbocycles. The number of halogens is 2. The fourth-order valence-corrected chi connectivity index (χ4v) is 1.60. The molecule has 0 saturated carbocycles. The molecule has 1 unspecified atom stereocenters. The van der Waals surface area contributed by atoms with Crippen LogP contribution in [0.15, 0.2) is 35.3 Å². The average molecular weight is 288 g/mol. The van der Waals surface area contributed by atoms with Crippen molar-refractivity contribution in [1.82, 2.24) is 5.32 Å². The second-order valence-electron chi connectivity index (χ2n) is 3.13. The molecule has 0 spiro atoms. The van der Waals surface area contributed by atoms with E-state index in [-0.39, 0.29) is 5.56 Å². The van der Waals surface area contributed by atoms with Gasteiger partial charge < -0.3 is 5.11 Å². The van der Waals surface area contributed by atoms with Crippen molar-refractivity contribution >= 4 is 21.9 Å². The predicted octanol–water partition coefficient (Wildman–Crippen LogP) is 2.49. The number of benzene rings is 1. The number of carboxylic acids is 1. The molecular formula is C11H11BrFNO2. The Hall–Kier alpha value is -1.20. The SMILES string of the molecule is C=CCNC(C(=O)O)c1ccc(Br)cc1F. The second kappa shape index (κ2) is 5.77. The maximum absolute atomic E-state index is 13.5. The van der Waals surface area contributed by atoms with Crippen LogP contribution in [0.3, 0.4) is 0 Å². The highest BCUT2D eigenvalue weighted by Gasteiger charge is 2.21. The third-order valence-electron chi connectivity index (χ3n) is 1.99. The Labute approximate surface area is 101 Å². The van der Waals surface area contributed by atoms with Gasteiger partial charge >= 0.3 is 5.97 Å². The first-order valence-electron chi connectivity index (χ1n) is 4.58. The summed E-state index contributed by atoms with van der Waals surface area (Å²) in [4.78, 5) is 11.0. The van der Waals surface area contributed by atoms with Crippen LogP contribution in [0.5, 0.6) is 0 Å². The minimum atomic E-state index is -1.12. The monoisotopic (exact) mass is 287 g/mol. The normalized spacial score (nSPS) is 12.1. The summed E-state index contributed by atoms with van der Waals surface area (Å²) in [5, 5.41) is 11.6. The van der Waals surface area contributed by atoms with Crippen LogP contribution in [-0.4, -0.2) is 17.6 Å². The van der Waals surface area contributed by atoms with Crippen LogP contribution in [-0.2, 0) is 4.79 Å². The third-order valence-corrected chi connectivity index (χ3v) is 2.48. The number of hydrogen-bond acceptors (Lipinski definition) is 2. The molecular weight excluding hydrogens is 277 g/mol. The molecule has 0 saturated heterocycles. The van der Waals surface area contributed by atoms with Crippen molar-refractivity contribution in [3.05, 3.63) is 46.7 Å². The van der Waals surface area contributed by atoms with Crippen molar-refractivity contribution in [3.63, 3.8) is 0 Å². The molecule has 0 aliphatic rings. The zero-order chi connectivity index (χ0) is 12.1. The van der Waals surface area contributed by atoms with Crippen molar-refractivity contribution in [2.75, 3.05) is 6.54 Å². The predicted molar refractivity (Wildman–Crippen MR) is 62.7 cm³/mol. The second-order valence-corrected chi connectivity index (χ2v) is 4.05. The van der Waals surface area contributed by atoms with Crippen molar-refractivity contribution in [2.24, 2.45) is 0 Å². The van der Waals surface area contributed by atoms with E-state index in [1.807, 2.05) is 0 Å². The van der Waals surface area contributed by atoms with E-state index in [0.29, 0.717) is 11.0 Å². The van der Waals surface area contributed by atoms with E-state index in [0.717, 1.165) is 0 Å². The highest BCUT2D eigenvalue weighted by molar-refractivity contribution is 9.10. The van der Waals surface area contributed by atoms with Gasteiger partial charge in [-0.2, -0.15) is 0 Å². The Balaban J connectivity index is 3.00. The molecule has 0 amide bonds. The summed E-state index contributed by atoms with van der Waals surface area (Å²) < 4.78 is 14.1. The number of rotatable bonds is 5. The molecule has 0 aliphatic heterocycles. The molecule has 1 aromatic rings. The molecule has 1 atom stereocenters. The first-order valence-corrected chi connectivity index (χ1v) is 5.37. The summed E-state index contributed by atoms with van der Waals surface area (Å²) in [7, 11) is 0. The van der Waals surface area contributed by atoms with Crippen LogP contribution in [0.25, 0.3) is 0 Å². The standard InChI is InChI=1S/C11H11BrFNO2/c1-2-5-14-10(11(15)16)8-4-3-7(12)6-9(8)13/h2-4,6,10,14H,1,5H2,(H,15,16). The fraction of sp³-hybridized carbons (Fsp3) is 0.182. The summed E-state index contributed by atoms with van der Waals surface area (Å²) in [6.45, 7) is 3.76. The lowest BCUT2D eigenvalue weighted by Crippen LogP contribution is -2.29. The lowest BCUT2D eigenvalue weighted by molar-refractivity contribution is -0.139. The van der Waals surface area contributed by atoms with Gasteiger partial charge in [0.15, 0.2) is 0 Å². The van der Waals surface area contributed by atoms with Gasteiger partial charge in [-0.3, -0.25) is 10.1 Å². The van der Waals surface area contributed by atoms with Gasteiger partial charge in [-0.1, -0.05) is 28.1 Å². The van der Waals surface area contributed by atoms with Crippen molar-refractivity contribution < 1.29 is 14.3 Å². The molecule has 0 radical (unpaired) electrons. The maximum atomic E-state index is 13.5. The van der Waals surface area contributed by atoms with Gasteiger partial charge in [0.25, 0.3) is 0 Å². The van der Waals surface area contributed by atoms with Crippen molar-refractivity contribution in [2.45, 2.75) is 6.04 Å². The molecule has 16 heavy (non-hydrogen) atoms. The Morgan fingerprint density at radius 2 is 2.38 bits per heavy atom. The topological polar surface area (TPSA) is 49.3 Å².